The van der Waals surface area contributed by atoms with Crippen molar-refractivity contribution in [3.63, 3.8) is 0 Å². The molecular weight excluding hydrogens is 510 g/mol. The van der Waals surface area contributed by atoms with Crippen molar-refractivity contribution in [1.29, 1.82) is 0 Å². The molecule has 15 heteroatoms. The van der Waals surface area contributed by atoms with Crippen LogP contribution < -0.4 is 16.6 Å². The van der Waals surface area contributed by atoms with E-state index in [4.69, 9.17) is 20.1 Å². The van der Waals surface area contributed by atoms with E-state index >= 15 is 0 Å². The van der Waals surface area contributed by atoms with E-state index < -0.39 is 79.8 Å². The maximum Gasteiger partial charge on any atom is 0.233 e. The Balaban J connectivity index is 2.10. The fraction of sp³-hybridized carbons (Fsp3) is 0.913. The summed E-state index contributed by atoms with van der Waals surface area (Å²) in [5.74, 6) is 4.18. The van der Waals surface area contributed by atoms with E-state index in [-0.39, 0.29) is 12.5 Å². The van der Waals surface area contributed by atoms with Crippen LogP contribution >= 0.6 is 0 Å². The highest BCUT2D eigenvalue weighted by Gasteiger charge is 2.65. The number of aliphatic hydroxyl groups is 7. The lowest BCUT2D eigenvalue weighted by molar-refractivity contribution is -0.349. The number of unbranched alkanes of at least 4 members (excludes halogenated alkanes) is 5. The van der Waals surface area contributed by atoms with Gasteiger partial charge in [-0.3, -0.25) is 15.0 Å². The maximum atomic E-state index is 12.0. The summed E-state index contributed by atoms with van der Waals surface area (Å²) >= 11 is 0. The molecule has 0 aromatic carbocycles. The molecule has 0 saturated carbocycles. The Morgan fingerprint density at radius 1 is 0.895 bits per heavy atom. The minimum absolute atomic E-state index is 0.120. The van der Waals surface area contributed by atoms with E-state index in [1.165, 1.54) is 0 Å². The Kier molecular flexibility index (Phi) is 13.2. The summed E-state index contributed by atoms with van der Waals surface area (Å²) in [5, 5.41) is 75.6. The van der Waals surface area contributed by atoms with Crippen LogP contribution in [0.2, 0.25) is 0 Å². The standard InChI is InChI=1S/C23H43N3O12/c1-12(29)25-19-22(36-9-7-5-3-2-4-6-8-15(30)26-24)38-14(11-28)20(34)23(19,35)21-18(33)17(32)16(31)13(10-27)37-21/h13-14,16-22,27-28,31-35H,2-11,24H2,1H3,(H,25,29)(H,26,30)/t13-,14-,16+,17+,18-,19-,20+,21-,22+,23-/m1/s1. The van der Waals surface area contributed by atoms with Gasteiger partial charge in [0.25, 0.3) is 0 Å². The SMILES string of the molecule is CC(=O)N[C@@H]1[C@@H](OCCCCCCCCC(=O)NN)O[C@H](CO)[C@H](O)[C@@]1(O)[C@@H]1O[C@H](CO)[C@H](O)[C@H](O)[C@H]1O. The summed E-state index contributed by atoms with van der Waals surface area (Å²) in [5.41, 5.74) is -0.498. The quantitative estimate of drug-likeness (QED) is 0.0425. The van der Waals surface area contributed by atoms with E-state index in [0.29, 0.717) is 12.8 Å². The molecule has 0 aromatic rings. The summed E-state index contributed by atoms with van der Waals surface area (Å²) in [4.78, 5) is 23.2. The third-order valence-electron chi connectivity index (χ3n) is 7.03. The molecule has 11 N–H and O–H groups in total. The van der Waals surface area contributed by atoms with E-state index in [9.17, 15) is 45.3 Å². The fourth-order valence-corrected chi connectivity index (χ4v) is 4.90. The molecule has 2 aliphatic rings. The first-order chi connectivity index (χ1) is 18.0. The van der Waals surface area contributed by atoms with Gasteiger partial charge in [-0.05, 0) is 12.8 Å². The third kappa shape index (κ3) is 7.79. The number of hydrazine groups is 1. The monoisotopic (exact) mass is 553 g/mol. The normalized spacial score (nSPS) is 37.6. The van der Waals surface area contributed by atoms with Crippen LogP contribution in [0.1, 0.15) is 51.9 Å². The predicted molar refractivity (Wildman–Crippen MR) is 129 cm³/mol. The highest BCUT2D eigenvalue weighted by molar-refractivity contribution is 5.75. The van der Waals surface area contributed by atoms with Gasteiger partial charge in [0.1, 0.15) is 54.4 Å². The number of nitrogens with two attached hydrogens (primary N) is 1. The van der Waals surface area contributed by atoms with E-state index in [1.807, 2.05) is 0 Å². The summed E-state index contributed by atoms with van der Waals surface area (Å²) in [7, 11) is 0. The van der Waals surface area contributed by atoms with Gasteiger partial charge in [-0.2, -0.15) is 0 Å². The highest BCUT2D eigenvalue weighted by Crippen LogP contribution is 2.39. The van der Waals surface area contributed by atoms with Crippen molar-refractivity contribution in [1.82, 2.24) is 10.7 Å². The van der Waals surface area contributed by atoms with Crippen LogP contribution in [0.5, 0.6) is 0 Å². The summed E-state index contributed by atoms with van der Waals surface area (Å²) in [6.45, 7) is -0.282. The van der Waals surface area contributed by atoms with E-state index in [0.717, 1.165) is 39.0 Å². The van der Waals surface area contributed by atoms with Crippen molar-refractivity contribution >= 4 is 11.8 Å². The van der Waals surface area contributed by atoms with Gasteiger partial charge < -0.3 is 55.3 Å². The fourth-order valence-electron chi connectivity index (χ4n) is 4.90. The van der Waals surface area contributed by atoms with Crippen LogP contribution in [-0.4, -0.2) is 128 Å². The number of nitrogens with one attached hydrogen (secondary N) is 2. The lowest BCUT2D eigenvalue weighted by atomic mass is 9.73. The lowest BCUT2D eigenvalue weighted by Crippen LogP contribution is -2.80. The molecule has 2 heterocycles. The molecule has 0 spiro atoms. The van der Waals surface area contributed by atoms with Crippen molar-refractivity contribution < 1.29 is 59.5 Å². The Bertz CT molecular complexity index is 746. The topological polar surface area (TPSA) is 254 Å². The summed E-state index contributed by atoms with van der Waals surface area (Å²) in [6.07, 6.45) is -8.48. The second kappa shape index (κ2) is 15.3. The van der Waals surface area contributed by atoms with Gasteiger partial charge in [0.05, 0.1) is 13.2 Å². The number of ether oxygens (including phenoxy) is 3. The van der Waals surface area contributed by atoms with Crippen LogP contribution in [-0.2, 0) is 23.8 Å². The smallest absolute Gasteiger partial charge is 0.233 e. The van der Waals surface area contributed by atoms with E-state index in [1.54, 1.807) is 0 Å². The largest absolute Gasteiger partial charge is 0.394 e. The molecule has 2 aliphatic heterocycles. The first-order valence-electron chi connectivity index (χ1n) is 12.9. The second-order valence-corrected chi connectivity index (χ2v) is 9.79. The molecule has 2 saturated heterocycles. The highest BCUT2D eigenvalue weighted by atomic mass is 16.7. The maximum absolute atomic E-state index is 12.0. The van der Waals surface area contributed by atoms with Gasteiger partial charge in [0.15, 0.2) is 6.29 Å². The molecule has 2 fully saturated rings. The molecule has 222 valence electrons. The number of hydrogen-bond acceptors (Lipinski definition) is 13. The molecule has 15 nitrogen and oxygen atoms in total. The number of aliphatic hydroxyl groups excluding tert-OH is 6. The number of amides is 2. The average Bonchev–Trinajstić information content (AvgIpc) is 2.89. The Labute approximate surface area is 220 Å². The Hall–Kier alpha value is -1.50. The molecule has 10 atom stereocenters. The number of rotatable bonds is 14. The van der Waals surface area contributed by atoms with Crippen LogP contribution in [0.15, 0.2) is 0 Å². The minimum Gasteiger partial charge on any atom is -0.394 e. The Morgan fingerprint density at radius 3 is 2.08 bits per heavy atom. The minimum atomic E-state index is -2.58. The zero-order valence-electron chi connectivity index (χ0n) is 21.5. The molecular formula is C23H43N3O12. The lowest BCUT2D eigenvalue weighted by Gasteiger charge is -2.55. The number of carbonyl (C=O) groups excluding carboxylic acids is 2. The predicted octanol–water partition coefficient (Wildman–Crippen LogP) is -4.12. The second-order valence-electron chi connectivity index (χ2n) is 9.79. The van der Waals surface area contributed by atoms with Crippen LogP contribution in [0.25, 0.3) is 0 Å². The summed E-state index contributed by atoms with van der Waals surface area (Å²) in [6, 6.07) is -1.53. The summed E-state index contributed by atoms with van der Waals surface area (Å²) < 4.78 is 16.9. The zero-order valence-corrected chi connectivity index (χ0v) is 21.5. The van der Waals surface area contributed by atoms with Crippen molar-refractivity contribution in [2.75, 3.05) is 19.8 Å². The van der Waals surface area contributed by atoms with Crippen LogP contribution in [0.4, 0.5) is 0 Å². The van der Waals surface area contributed by atoms with E-state index in [2.05, 4.69) is 10.7 Å². The molecule has 0 aromatic heterocycles. The molecule has 0 unspecified atom stereocenters. The van der Waals surface area contributed by atoms with Gasteiger partial charge in [-0.15, -0.1) is 0 Å². The third-order valence-corrected chi connectivity index (χ3v) is 7.03. The van der Waals surface area contributed by atoms with Crippen molar-refractivity contribution in [2.24, 2.45) is 5.84 Å². The van der Waals surface area contributed by atoms with Gasteiger partial charge in [0.2, 0.25) is 11.8 Å². The van der Waals surface area contributed by atoms with Crippen molar-refractivity contribution in [2.45, 2.75) is 113 Å². The molecule has 2 amide bonds. The average molecular weight is 554 g/mol. The van der Waals surface area contributed by atoms with Gasteiger partial charge >= 0.3 is 0 Å². The number of carbonyl (C=O) groups is 2. The van der Waals surface area contributed by atoms with Gasteiger partial charge in [-0.1, -0.05) is 25.7 Å². The molecule has 2 rings (SSSR count). The van der Waals surface area contributed by atoms with Crippen molar-refractivity contribution in [3.8, 4) is 0 Å². The molecule has 0 bridgehead atoms. The van der Waals surface area contributed by atoms with Crippen molar-refractivity contribution in [3.05, 3.63) is 0 Å². The number of hydrogen-bond donors (Lipinski definition) is 10. The Morgan fingerprint density at radius 2 is 1.50 bits per heavy atom. The first-order valence-corrected chi connectivity index (χ1v) is 12.9. The van der Waals surface area contributed by atoms with Gasteiger partial charge in [-0.25, -0.2) is 5.84 Å². The zero-order chi connectivity index (χ0) is 28.5. The first kappa shape index (κ1) is 32.7. The molecule has 0 radical (unpaired) electrons. The van der Waals surface area contributed by atoms with Gasteiger partial charge in [0, 0.05) is 20.0 Å². The molecule has 38 heavy (non-hydrogen) atoms. The van der Waals surface area contributed by atoms with Crippen LogP contribution in [0.3, 0.4) is 0 Å². The molecule has 0 aliphatic carbocycles. The van der Waals surface area contributed by atoms with Crippen LogP contribution in [0, 0.1) is 0 Å².